The van der Waals surface area contributed by atoms with Crippen LogP contribution < -0.4 is 5.32 Å². The van der Waals surface area contributed by atoms with E-state index in [2.05, 4.69) is 33.1 Å². The van der Waals surface area contributed by atoms with Crippen LogP contribution in [0.5, 0.6) is 0 Å². The molecule has 1 N–H and O–H groups in total. The van der Waals surface area contributed by atoms with Gasteiger partial charge in [0.1, 0.15) is 0 Å². The van der Waals surface area contributed by atoms with Gasteiger partial charge in [0.2, 0.25) is 0 Å². The molecule has 1 heteroatoms. The summed E-state index contributed by atoms with van der Waals surface area (Å²) in [5, 5.41) is 3.86. The molecule has 0 aliphatic carbocycles. The number of hydrogen-bond donors (Lipinski definition) is 1. The Morgan fingerprint density at radius 2 is 0.562 bits per heavy atom. The van der Waals surface area contributed by atoms with Gasteiger partial charge in [0.15, 0.2) is 0 Å². The average molecular weight is 452 g/mol. The van der Waals surface area contributed by atoms with Crippen molar-refractivity contribution in [3.8, 4) is 0 Å². The Balaban J connectivity index is 4.22. The topological polar surface area (TPSA) is 12.0 Å². The molecule has 0 aromatic rings. The zero-order valence-corrected chi connectivity index (χ0v) is 23.4. The molecule has 0 heterocycles. The van der Waals surface area contributed by atoms with E-state index in [9.17, 15) is 0 Å². The normalized spacial score (nSPS) is 12.0. The fourth-order valence-corrected chi connectivity index (χ4v) is 5.37. The van der Waals surface area contributed by atoms with Crippen molar-refractivity contribution in [2.45, 2.75) is 193 Å². The van der Waals surface area contributed by atoms with E-state index in [1.807, 2.05) is 0 Å². The molecular weight excluding hydrogens is 386 g/mol. The van der Waals surface area contributed by atoms with Crippen LogP contribution in [-0.4, -0.2) is 12.6 Å². The monoisotopic (exact) mass is 452 g/mol. The second kappa shape index (κ2) is 25.6. The maximum atomic E-state index is 3.86. The lowest BCUT2D eigenvalue weighted by molar-refractivity contribution is 0.252. The summed E-state index contributed by atoms with van der Waals surface area (Å²) < 4.78 is 0. The number of rotatable bonds is 27. The van der Waals surface area contributed by atoms with Crippen LogP contribution >= 0.6 is 0 Å². The second-order valence-electron chi connectivity index (χ2n) is 10.9. The Morgan fingerprint density at radius 1 is 0.344 bits per heavy atom. The van der Waals surface area contributed by atoms with Crippen molar-refractivity contribution in [1.29, 1.82) is 0 Å². The smallest absolute Gasteiger partial charge is 0.0178 e. The molecule has 0 saturated heterocycles. The number of nitrogens with one attached hydrogen (secondary N) is 1. The standard InChI is InChI=1S/C31H65N/c1-5-8-11-14-17-20-23-26-29-31(32-4,28-25-22-19-16-13-10-7-3)30-27-24-21-18-15-12-9-6-2/h32H,5-30H2,1-4H3. The van der Waals surface area contributed by atoms with Crippen LogP contribution in [-0.2, 0) is 0 Å². The van der Waals surface area contributed by atoms with E-state index in [1.165, 1.54) is 167 Å². The molecule has 1 nitrogen and oxygen atoms in total. The molecule has 0 radical (unpaired) electrons. The van der Waals surface area contributed by atoms with Crippen LogP contribution in [0.15, 0.2) is 0 Å². The molecule has 0 unspecified atom stereocenters. The van der Waals surface area contributed by atoms with Crippen LogP contribution in [0.25, 0.3) is 0 Å². The molecule has 0 aromatic heterocycles. The molecule has 0 aliphatic heterocycles. The van der Waals surface area contributed by atoms with E-state index < -0.39 is 0 Å². The SMILES string of the molecule is CCCCCCCCCCC(CCCCCCCCC)(CCCCCCCCCC)NC. The van der Waals surface area contributed by atoms with Gasteiger partial charge in [-0.25, -0.2) is 0 Å². The third-order valence-corrected chi connectivity index (χ3v) is 7.81. The predicted octanol–water partition coefficient (Wildman–Crippen LogP) is 11.1. The van der Waals surface area contributed by atoms with Gasteiger partial charge in [-0.1, -0.05) is 168 Å². The highest BCUT2D eigenvalue weighted by molar-refractivity contribution is 4.86. The van der Waals surface area contributed by atoms with Crippen molar-refractivity contribution in [3.05, 3.63) is 0 Å². The predicted molar refractivity (Wildman–Crippen MR) is 149 cm³/mol. The largest absolute Gasteiger partial charge is 0.314 e. The lowest BCUT2D eigenvalue weighted by Crippen LogP contribution is -2.43. The average Bonchev–Trinajstić information content (AvgIpc) is 2.81. The highest BCUT2D eigenvalue weighted by Gasteiger charge is 2.26. The first kappa shape index (κ1) is 32.0. The van der Waals surface area contributed by atoms with E-state index >= 15 is 0 Å². The lowest BCUT2D eigenvalue weighted by atomic mass is 9.81. The summed E-state index contributed by atoms with van der Waals surface area (Å²) in [6.45, 7) is 6.95. The van der Waals surface area contributed by atoms with Gasteiger partial charge in [-0.2, -0.15) is 0 Å². The third-order valence-electron chi connectivity index (χ3n) is 7.81. The van der Waals surface area contributed by atoms with Gasteiger partial charge in [0.25, 0.3) is 0 Å². The van der Waals surface area contributed by atoms with Crippen molar-refractivity contribution in [1.82, 2.24) is 5.32 Å². The molecule has 194 valence electrons. The third kappa shape index (κ3) is 20.6. The molecule has 32 heavy (non-hydrogen) atoms. The lowest BCUT2D eigenvalue weighted by Gasteiger charge is -2.34. The fourth-order valence-electron chi connectivity index (χ4n) is 5.37. The van der Waals surface area contributed by atoms with Gasteiger partial charge < -0.3 is 5.32 Å². The molecule has 0 saturated carbocycles. The summed E-state index contributed by atoms with van der Waals surface area (Å²) in [5.74, 6) is 0. The first-order valence-electron chi connectivity index (χ1n) is 15.4. The summed E-state index contributed by atoms with van der Waals surface area (Å²) in [6.07, 6.45) is 37.3. The van der Waals surface area contributed by atoms with Gasteiger partial charge in [0.05, 0.1) is 0 Å². The molecule has 0 atom stereocenters. The molecule has 0 aliphatic rings. The minimum atomic E-state index is 0.424. The molecule has 0 amide bonds. The summed E-state index contributed by atoms with van der Waals surface area (Å²) in [4.78, 5) is 0. The minimum Gasteiger partial charge on any atom is -0.314 e. The van der Waals surface area contributed by atoms with Gasteiger partial charge in [-0.15, -0.1) is 0 Å². The second-order valence-corrected chi connectivity index (χ2v) is 10.9. The van der Waals surface area contributed by atoms with Crippen molar-refractivity contribution >= 4 is 0 Å². The van der Waals surface area contributed by atoms with Crippen molar-refractivity contribution in [2.24, 2.45) is 0 Å². The zero-order chi connectivity index (χ0) is 23.6. The molecule has 0 bridgehead atoms. The van der Waals surface area contributed by atoms with Gasteiger partial charge in [-0.3, -0.25) is 0 Å². The Morgan fingerprint density at radius 3 is 0.781 bits per heavy atom. The van der Waals surface area contributed by atoms with Crippen LogP contribution in [0.4, 0.5) is 0 Å². The Kier molecular flexibility index (Phi) is 25.5. The van der Waals surface area contributed by atoms with E-state index in [0.717, 1.165) is 0 Å². The van der Waals surface area contributed by atoms with Crippen LogP contribution in [0.2, 0.25) is 0 Å². The van der Waals surface area contributed by atoms with E-state index in [1.54, 1.807) is 0 Å². The van der Waals surface area contributed by atoms with Crippen molar-refractivity contribution < 1.29 is 0 Å². The van der Waals surface area contributed by atoms with Crippen molar-refractivity contribution in [2.75, 3.05) is 7.05 Å². The van der Waals surface area contributed by atoms with Crippen LogP contribution in [0.3, 0.4) is 0 Å². The van der Waals surface area contributed by atoms with Gasteiger partial charge >= 0.3 is 0 Å². The van der Waals surface area contributed by atoms with Crippen LogP contribution in [0.1, 0.15) is 188 Å². The van der Waals surface area contributed by atoms with E-state index in [4.69, 9.17) is 0 Å². The number of hydrogen-bond acceptors (Lipinski definition) is 1. The summed E-state index contributed by atoms with van der Waals surface area (Å²) in [7, 11) is 2.26. The first-order chi connectivity index (χ1) is 15.7. The molecule has 0 rings (SSSR count). The fraction of sp³-hybridized carbons (Fsp3) is 1.00. The number of unbranched alkanes of at least 4 members (excludes halogenated alkanes) is 20. The molecule has 0 aromatic carbocycles. The highest BCUT2D eigenvalue weighted by Crippen LogP contribution is 2.29. The van der Waals surface area contributed by atoms with Crippen LogP contribution in [0, 0.1) is 0 Å². The summed E-state index contributed by atoms with van der Waals surface area (Å²) >= 11 is 0. The first-order valence-corrected chi connectivity index (χ1v) is 15.4. The summed E-state index contributed by atoms with van der Waals surface area (Å²) in [6, 6.07) is 0. The molecular formula is C31H65N. The van der Waals surface area contributed by atoms with E-state index in [0.29, 0.717) is 5.54 Å². The molecule has 0 fully saturated rings. The van der Waals surface area contributed by atoms with Gasteiger partial charge in [0, 0.05) is 5.54 Å². The maximum absolute atomic E-state index is 3.86. The zero-order valence-electron chi connectivity index (χ0n) is 23.4. The Labute approximate surface area is 205 Å². The van der Waals surface area contributed by atoms with Crippen molar-refractivity contribution in [3.63, 3.8) is 0 Å². The van der Waals surface area contributed by atoms with E-state index in [-0.39, 0.29) is 0 Å². The summed E-state index contributed by atoms with van der Waals surface area (Å²) in [5.41, 5.74) is 0.424. The Hall–Kier alpha value is -0.0400. The Bertz CT molecular complexity index is 317. The maximum Gasteiger partial charge on any atom is 0.0178 e. The quantitative estimate of drug-likeness (QED) is 0.122. The molecule has 0 spiro atoms. The van der Waals surface area contributed by atoms with Gasteiger partial charge in [-0.05, 0) is 26.3 Å². The highest BCUT2D eigenvalue weighted by atomic mass is 14.9. The minimum absolute atomic E-state index is 0.424.